The van der Waals surface area contributed by atoms with Gasteiger partial charge in [0.15, 0.2) is 5.58 Å². The van der Waals surface area contributed by atoms with Crippen LogP contribution >= 0.6 is 0 Å². The summed E-state index contributed by atoms with van der Waals surface area (Å²) in [7, 11) is 3.42. The van der Waals surface area contributed by atoms with Crippen LogP contribution < -0.4 is 11.1 Å². The van der Waals surface area contributed by atoms with E-state index in [4.69, 9.17) is 4.42 Å². The van der Waals surface area contributed by atoms with Gasteiger partial charge in [0.25, 0.3) is 0 Å². The second kappa shape index (κ2) is 4.11. The summed E-state index contributed by atoms with van der Waals surface area (Å²) in [6, 6.07) is 5.26. The molecule has 1 unspecified atom stereocenters. The molecule has 16 heavy (non-hydrogen) atoms. The van der Waals surface area contributed by atoms with Crippen LogP contribution in [-0.4, -0.2) is 23.3 Å². The van der Waals surface area contributed by atoms with Gasteiger partial charge in [-0.15, -0.1) is 0 Å². The molecule has 1 aromatic heterocycles. The first-order chi connectivity index (χ1) is 7.63. The van der Waals surface area contributed by atoms with E-state index < -0.39 is 11.9 Å². The number of oxazole rings is 1. The highest BCUT2D eigenvalue weighted by atomic mass is 16.4. The fourth-order valence-corrected chi connectivity index (χ4v) is 1.67. The summed E-state index contributed by atoms with van der Waals surface area (Å²) in [6.45, 7) is 0.461. The number of aryl methyl sites for hydroxylation is 1. The number of aliphatic hydroxyl groups excluding tert-OH is 1. The van der Waals surface area contributed by atoms with Gasteiger partial charge < -0.3 is 14.8 Å². The van der Waals surface area contributed by atoms with Crippen LogP contribution in [-0.2, 0) is 7.05 Å². The Morgan fingerprint density at radius 3 is 3.00 bits per heavy atom. The Morgan fingerprint density at radius 2 is 2.31 bits per heavy atom. The standard InChI is InChI=1S/C11H14N2O3/c1-12-6-9(14)7-3-4-8-10(5-7)16-11(15)13(8)2/h3-5,9,12,14H,6H2,1-2H3. The number of aromatic nitrogens is 1. The van der Waals surface area contributed by atoms with Crippen molar-refractivity contribution in [2.45, 2.75) is 6.10 Å². The van der Waals surface area contributed by atoms with Gasteiger partial charge in [-0.2, -0.15) is 0 Å². The van der Waals surface area contributed by atoms with Crippen LogP contribution in [0.5, 0.6) is 0 Å². The summed E-state index contributed by atoms with van der Waals surface area (Å²) in [5, 5.41) is 12.7. The second-order valence-corrected chi connectivity index (χ2v) is 3.73. The van der Waals surface area contributed by atoms with Crippen molar-refractivity contribution < 1.29 is 9.52 Å². The summed E-state index contributed by atoms with van der Waals surface area (Å²) in [5.41, 5.74) is 1.96. The molecule has 0 saturated heterocycles. The summed E-state index contributed by atoms with van der Waals surface area (Å²) in [6.07, 6.45) is -0.597. The SMILES string of the molecule is CNCC(O)c1ccc2c(c1)oc(=O)n2C. The summed E-state index contributed by atoms with van der Waals surface area (Å²) < 4.78 is 6.48. The van der Waals surface area contributed by atoms with E-state index in [1.807, 2.05) is 0 Å². The molecule has 2 aromatic rings. The number of hydrogen-bond donors (Lipinski definition) is 2. The molecule has 0 fully saturated rings. The number of aliphatic hydroxyl groups is 1. The third kappa shape index (κ3) is 1.75. The van der Waals surface area contributed by atoms with Crippen molar-refractivity contribution in [3.05, 3.63) is 34.3 Å². The summed E-state index contributed by atoms with van der Waals surface area (Å²) in [4.78, 5) is 11.3. The maximum Gasteiger partial charge on any atom is 0.419 e. The number of nitrogens with one attached hydrogen (secondary N) is 1. The highest BCUT2D eigenvalue weighted by molar-refractivity contribution is 5.73. The van der Waals surface area contributed by atoms with Crippen molar-refractivity contribution in [1.82, 2.24) is 9.88 Å². The predicted octanol–water partition coefficient (Wildman–Crippen LogP) is 0.384. The molecule has 0 radical (unpaired) electrons. The molecule has 0 saturated carbocycles. The Bertz CT molecular complexity index is 556. The van der Waals surface area contributed by atoms with E-state index in [1.54, 1.807) is 32.3 Å². The monoisotopic (exact) mass is 222 g/mol. The minimum Gasteiger partial charge on any atom is -0.408 e. The van der Waals surface area contributed by atoms with Crippen molar-refractivity contribution in [3.63, 3.8) is 0 Å². The minimum atomic E-state index is -0.597. The third-order valence-corrected chi connectivity index (χ3v) is 2.60. The third-order valence-electron chi connectivity index (χ3n) is 2.60. The van der Waals surface area contributed by atoms with Gasteiger partial charge in [-0.05, 0) is 24.7 Å². The smallest absolute Gasteiger partial charge is 0.408 e. The number of fused-ring (bicyclic) bond motifs is 1. The molecule has 1 atom stereocenters. The lowest BCUT2D eigenvalue weighted by Crippen LogP contribution is -2.16. The van der Waals surface area contributed by atoms with Gasteiger partial charge in [0.2, 0.25) is 0 Å². The van der Waals surface area contributed by atoms with E-state index in [0.29, 0.717) is 12.1 Å². The molecule has 2 rings (SSSR count). The average Bonchev–Trinajstić information content (AvgIpc) is 2.55. The van der Waals surface area contributed by atoms with Crippen LogP contribution in [0.15, 0.2) is 27.4 Å². The van der Waals surface area contributed by atoms with E-state index in [9.17, 15) is 9.90 Å². The lowest BCUT2D eigenvalue weighted by molar-refractivity contribution is 0.178. The van der Waals surface area contributed by atoms with E-state index in [0.717, 1.165) is 11.1 Å². The molecule has 5 nitrogen and oxygen atoms in total. The number of nitrogens with zero attached hydrogens (tertiary/aromatic N) is 1. The van der Waals surface area contributed by atoms with Crippen LogP contribution in [0.1, 0.15) is 11.7 Å². The van der Waals surface area contributed by atoms with Crippen molar-refractivity contribution in [2.24, 2.45) is 7.05 Å². The zero-order valence-electron chi connectivity index (χ0n) is 9.23. The number of likely N-dealkylation sites (N-methyl/N-ethyl adjacent to an activating group) is 1. The van der Waals surface area contributed by atoms with Gasteiger partial charge in [0, 0.05) is 13.6 Å². The zero-order chi connectivity index (χ0) is 11.7. The Kier molecular flexibility index (Phi) is 2.80. The van der Waals surface area contributed by atoms with Gasteiger partial charge in [-0.3, -0.25) is 4.57 Å². The molecule has 0 bridgehead atoms. The fourth-order valence-electron chi connectivity index (χ4n) is 1.67. The number of hydrogen-bond acceptors (Lipinski definition) is 4. The lowest BCUT2D eigenvalue weighted by Gasteiger charge is -2.09. The molecule has 0 amide bonds. The Hall–Kier alpha value is -1.59. The Labute approximate surface area is 92.3 Å². The maximum absolute atomic E-state index is 11.3. The molecule has 0 spiro atoms. The Balaban J connectivity index is 2.48. The maximum atomic E-state index is 11.3. The normalized spacial score (nSPS) is 13.2. The predicted molar refractivity (Wildman–Crippen MR) is 60.3 cm³/mol. The van der Waals surface area contributed by atoms with Crippen molar-refractivity contribution >= 4 is 11.1 Å². The van der Waals surface area contributed by atoms with Crippen LogP contribution in [0.25, 0.3) is 11.1 Å². The van der Waals surface area contributed by atoms with Crippen LogP contribution in [0.3, 0.4) is 0 Å². The topological polar surface area (TPSA) is 67.4 Å². The molecule has 5 heteroatoms. The van der Waals surface area contributed by atoms with Crippen LogP contribution in [0.2, 0.25) is 0 Å². The summed E-state index contributed by atoms with van der Waals surface area (Å²) in [5.74, 6) is -0.393. The average molecular weight is 222 g/mol. The van der Waals surface area contributed by atoms with Crippen LogP contribution in [0.4, 0.5) is 0 Å². The molecular weight excluding hydrogens is 208 g/mol. The number of benzene rings is 1. The van der Waals surface area contributed by atoms with Gasteiger partial charge in [-0.1, -0.05) is 6.07 Å². The highest BCUT2D eigenvalue weighted by Gasteiger charge is 2.10. The highest BCUT2D eigenvalue weighted by Crippen LogP contribution is 2.19. The zero-order valence-corrected chi connectivity index (χ0v) is 9.23. The molecule has 0 aliphatic carbocycles. The van der Waals surface area contributed by atoms with Gasteiger partial charge in [0.1, 0.15) is 0 Å². The largest absolute Gasteiger partial charge is 0.419 e. The van der Waals surface area contributed by atoms with Crippen molar-refractivity contribution in [1.29, 1.82) is 0 Å². The van der Waals surface area contributed by atoms with Crippen molar-refractivity contribution in [3.8, 4) is 0 Å². The van der Waals surface area contributed by atoms with E-state index >= 15 is 0 Å². The first kappa shape index (κ1) is 10.9. The van der Waals surface area contributed by atoms with Crippen LogP contribution in [0, 0.1) is 0 Å². The van der Waals surface area contributed by atoms with E-state index in [-0.39, 0.29) is 0 Å². The van der Waals surface area contributed by atoms with Gasteiger partial charge >= 0.3 is 5.76 Å². The first-order valence-corrected chi connectivity index (χ1v) is 5.05. The van der Waals surface area contributed by atoms with Gasteiger partial charge in [0.05, 0.1) is 11.6 Å². The Morgan fingerprint density at radius 1 is 1.56 bits per heavy atom. The molecule has 2 N–H and O–H groups in total. The summed E-state index contributed by atoms with van der Waals surface area (Å²) >= 11 is 0. The molecular formula is C11H14N2O3. The molecule has 0 aliphatic heterocycles. The molecule has 1 heterocycles. The first-order valence-electron chi connectivity index (χ1n) is 5.05. The minimum absolute atomic E-state index is 0.393. The quantitative estimate of drug-likeness (QED) is 0.788. The lowest BCUT2D eigenvalue weighted by atomic mass is 10.1. The molecule has 86 valence electrons. The van der Waals surface area contributed by atoms with E-state index in [1.165, 1.54) is 4.57 Å². The molecule has 1 aromatic carbocycles. The van der Waals surface area contributed by atoms with E-state index in [2.05, 4.69) is 5.32 Å². The fraction of sp³-hybridized carbons (Fsp3) is 0.364. The van der Waals surface area contributed by atoms with Crippen molar-refractivity contribution in [2.75, 3.05) is 13.6 Å². The van der Waals surface area contributed by atoms with Gasteiger partial charge in [-0.25, -0.2) is 4.79 Å². The molecule has 0 aliphatic rings. The second-order valence-electron chi connectivity index (χ2n) is 3.73. The number of rotatable bonds is 3.